The third-order valence-electron chi connectivity index (χ3n) is 3.79. The molecule has 2 nitrogen and oxygen atoms in total. The predicted molar refractivity (Wildman–Crippen MR) is 87.6 cm³/mol. The van der Waals surface area contributed by atoms with Gasteiger partial charge in [0, 0.05) is 12.1 Å². The van der Waals surface area contributed by atoms with Crippen molar-refractivity contribution < 1.29 is 5.11 Å². The zero-order valence-electron chi connectivity index (χ0n) is 12.4. The lowest BCUT2D eigenvalue weighted by Crippen LogP contribution is -2.48. The number of hydrogen-bond donors (Lipinski definition) is 2. The van der Waals surface area contributed by atoms with Gasteiger partial charge in [0.1, 0.15) is 0 Å². The van der Waals surface area contributed by atoms with Crippen molar-refractivity contribution in [3.8, 4) is 0 Å². The van der Waals surface area contributed by atoms with Crippen LogP contribution in [-0.2, 0) is 0 Å². The molecule has 20 heavy (non-hydrogen) atoms. The van der Waals surface area contributed by atoms with E-state index < -0.39 is 5.60 Å². The Morgan fingerprint density at radius 2 is 1.70 bits per heavy atom. The van der Waals surface area contributed by atoms with Crippen molar-refractivity contribution in [3.05, 3.63) is 62.3 Å². The Kier molecular flexibility index (Phi) is 6.69. The van der Waals surface area contributed by atoms with E-state index in [0.717, 1.165) is 24.8 Å². The summed E-state index contributed by atoms with van der Waals surface area (Å²) in [6.45, 7) is 15.1. The molecule has 1 aliphatic heterocycles. The Morgan fingerprint density at radius 3 is 2.20 bits per heavy atom. The van der Waals surface area contributed by atoms with E-state index in [1.54, 1.807) is 12.2 Å². The minimum atomic E-state index is -0.886. The average Bonchev–Trinajstić information content (AvgIpc) is 2.40. The number of hydrogen-bond acceptors (Lipinski definition) is 2. The largest absolute Gasteiger partial charge is 0.385 e. The second-order valence-corrected chi connectivity index (χ2v) is 5.38. The highest BCUT2D eigenvalue weighted by Gasteiger charge is 2.36. The molecular formula is C18H27NO. The summed E-state index contributed by atoms with van der Waals surface area (Å²) in [5, 5.41) is 14.5. The van der Waals surface area contributed by atoms with Crippen LogP contribution in [0.1, 0.15) is 32.1 Å². The third-order valence-corrected chi connectivity index (χ3v) is 3.79. The van der Waals surface area contributed by atoms with Gasteiger partial charge in [0.25, 0.3) is 0 Å². The maximum absolute atomic E-state index is 10.9. The smallest absolute Gasteiger partial charge is 0.0940 e. The summed E-state index contributed by atoms with van der Waals surface area (Å²) in [5.41, 5.74) is 0.154. The van der Waals surface area contributed by atoms with Crippen molar-refractivity contribution in [2.75, 3.05) is 0 Å². The summed E-state index contributed by atoms with van der Waals surface area (Å²) in [6.07, 6.45) is 13.2. The molecule has 0 fully saturated rings. The summed E-state index contributed by atoms with van der Waals surface area (Å²) in [6, 6.07) is 0.508. The quantitative estimate of drug-likeness (QED) is 0.628. The average molecular weight is 273 g/mol. The number of nitrogens with one attached hydrogen (secondary N) is 1. The normalized spacial score (nSPS) is 22.8. The second-order valence-electron chi connectivity index (χ2n) is 5.38. The predicted octanol–water partition coefficient (Wildman–Crippen LogP) is 3.68. The van der Waals surface area contributed by atoms with Gasteiger partial charge in [-0.05, 0) is 37.7 Å². The van der Waals surface area contributed by atoms with Crippen molar-refractivity contribution in [1.29, 1.82) is 0 Å². The molecule has 0 spiro atoms. The van der Waals surface area contributed by atoms with Crippen LogP contribution in [0.15, 0.2) is 62.3 Å². The second kappa shape index (κ2) is 8.03. The van der Waals surface area contributed by atoms with E-state index in [1.165, 1.54) is 0 Å². The molecule has 2 atom stereocenters. The summed E-state index contributed by atoms with van der Waals surface area (Å²) in [7, 11) is 0. The van der Waals surface area contributed by atoms with Crippen LogP contribution in [-0.4, -0.2) is 22.8 Å². The van der Waals surface area contributed by atoms with E-state index in [4.69, 9.17) is 0 Å². The van der Waals surface area contributed by atoms with Gasteiger partial charge in [0.15, 0.2) is 0 Å². The van der Waals surface area contributed by atoms with Crippen LogP contribution in [0.5, 0.6) is 0 Å². The third kappa shape index (κ3) is 4.06. The molecule has 0 bridgehead atoms. The molecule has 2 N–H and O–H groups in total. The van der Waals surface area contributed by atoms with Crippen LogP contribution in [0.2, 0.25) is 0 Å². The molecule has 0 amide bonds. The Morgan fingerprint density at radius 1 is 1.10 bits per heavy atom. The van der Waals surface area contributed by atoms with Gasteiger partial charge >= 0.3 is 0 Å². The molecule has 0 saturated carbocycles. The van der Waals surface area contributed by atoms with Gasteiger partial charge in [-0.15, -0.1) is 26.3 Å². The number of rotatable bonds is 9. The molecule has 1 heterocycles. The van der Waals surface area contributed by atoms with Crippen molar-refractivity contribution in [2.24, 2.45) is 0 Å². The Bertz CT molecular complexity index is 384. The van der Waals surface area contributed by atoms with Crippen LogP contribution < -0.4 is 5.32 Å². The van der Waals surface area contributed by atoms with Crippen molar-refractivity contribution in [3.63, 3.8) is 0 Å². The highest BCUT2D eigenvalue weighted by Crippen LogP contribution is 2.33. The van der Waals surface area contributed by atoms with Crippen molar-refractivity contribution in [2.45, 2.75) is 49.8 Å². The van der Waals surface area contributed by atoms with Crippen LogP contribution in [0.3, 0.4) is 0 Å². The zero-order valence-corrected chi connectivity index (χ0v) is 12.4. The zero-order chi connectivity index (χ0) is 15.0. The topological polar surface area (TPSA) is 32.3 Å². The molecule has 1 rings (SSSR count). The molecule has 0 radical (unpaired) electrons. The van der Waals surface area contributed by atoms with E-state index in [1.807, 2.05) is 12.2 Å². The van der Waals surface area contributed by atoms with Crippen LogP contribution in [0, 0.1) is 0 Å². The fourth-order valence-electron chi connectivity index (χ4n) is 2.89. The molecular weight excluding hydrogens is 246 g/mol. The molecule has 0 aromatic rings. The first-order valence-corrected chi connectivity index (χ1v) is 7.23. The van der Waals surface area contributed by atoms with E-state index in [0.29, 0.717) is 18.9 Å². The SMILES string of the molecule is C=CC[C@H]1CC=C(C(O)(CC=C)CC=C)[C@H](CC=C)N1. The number of aliphatic hydroxyl groups is 1. The van der Waals surface area contributed by atoms with Crippen LogP contribution >= 0.6 is 0 Å². The summed E-state index contributed by atoms with van der Waals surface area (Å²) < 4.78 is 0. The van der Waals surface area contributed by atoms with Gasteiger partial charge in [0.2, 0.25) is 0 Å². The van der Waals surface area contributed by atoms with Crippen LogP contribution in [0.4, 0.5) is 0 Å². The summed E-state index contributed by atoms with van der Waals surface area (Å²) in [4.78, 5) is 0. The molecule has 110 valence electrons. The molecule has 0 saturated heterocycles. The van der Waals surface area contributed by atoms with Gasteiger partial charge in [0.05, 0.1) is 5.60 Å². The van der Waals surface area contributed by atoms with Gasteiger partial charge in [-0.2, -0.15) is 0 Å². The Labute approximate surface area is 123 Å². The first-order valence-electron chi connectivity index (χ1n) is 7.23. The van der Waals surface area contributed by atoms with E-state index in [2.05, 4.69) is 37.7 Å². The Hall–Kier alpha value is -1.38. The maximum Gasteiger partial charge on any atom is 0.0940 e. The molecule has 0 unspecified atom stereocenters. The standard InChI is InChI=1S/C18H27NO/c1-5-9-15-11-12-16(17(19-15)10-6-2)18(20,13-7-3)14-8-4/h5-8,12,15,17,19-20H,1-4,9-11,13-14H2/t15-,17-/m0/s1. The molecule has 1 aliphatic rings. The van der Waals surface area contributed by atoms with Gasteiger partial charge in [-0.25, -0.2) is 0 Å². The minimum absolute atomic E-state index is 0.121. The van der Waals surface area contributed by atoms with Gasteiger partial charge in [-0.1, -0.05) is 30.4 Å². The molecule has 0 aromatic carbocycles. The lowest BCUT2D eigenvalue weighted by molar-refractivity contribution is 0.0730. The highest BCUT2D eigenvalue weighted by molar-refractivity contribution is 5.29. The Balaban J connectivity index is 3.02. The lowest BCUT2D eigenvalue weighted by atomic mass is 9.78. The van der Waals surface area contributed by atoms with E-state index >= 15 is 0 Å². The monoisotopic (exact) mass is 273 g/mol. The first-order chi connectivity index (χ1) is 9.61. The lowest BCUT2D eigenvalue weighted by Gasteiger charge is -2.39. The van der Waals surface area contributed by atoms with Crippen LogP contribution in [0.25, 0.3) is 0 Å². The van der Waals surface area contributed by atoms with E-state index in [-0.39, 0.29) is 6.04 Å². The van der Waals surface area contributed by atoms with E-state index in [9.17, 15) is 5.11 Å². The maximum atomic E-state index is 10.9. The van der Waals surface area contributed by atoms with Crippen molar-refractivity contribution >= 4 is 0 Å². The fraction of sp³-hybridized carbons (Fsp3) is 0.444. The molecule has 2 heteroatoms. The molecule has 0 aromatic heterocycles. The van der Waals surface area contributed by atoms with Gasteiger partial charge in [-0.3, -0.25) is 0 Å². The minimum Gasteiger partial charge on any atom is -0.385 e. The highest BCUT2D eigenvalue weighted by atomic mass is 16.3. The fourth-order valence-corrected chi connectivity index (χ4v) is 2.89. The summed E-state index contributed by atoms with van der Waals surface area (Å²) in [5.74, 6) is 0. The first kappa shape index (κ1) is 16.7. The molecule has 0 aliphatic carbocycles. The summed E-state index contributed by atoms with van der Waals surface area (Å²) >= 11 is 0. The van der Waals surface area contributed by atoms with Gasteiger partial charge < -0.3 is 10.4 Å². The van der Waals surface area contributed by atoms with Crippen molar-refractivity contribution in [1.82, 2.24) is 5.32 Å².